The lowest BCUT2D eigenvalue weighted by Gasteiger charge is -2.24. The van der Waals surface area contributed by atoms with Crippen molar-refractivity contribution in [2.24, 2.45) is 11.3 Å². The van der Waals surface area contributed by atoms with Crippen LogP contribution in [-0.2, 0) is 9.59 Å². The number of amides is 1. The Morgan fingerprint density at radius 2 is 2.14 bits per heavy atom. The molecular formula is C10H17NO3. The molecule has 14 heavy (non-hydrogen) atoms. The molecule has 1 aliphatic rings. The van der Waals surface area contributed by atoms with Gasteiger partial charge in [0.25, 0.3) is 0 Å². The maximum atomic E-state index is 11.1. The lowest BCUT2D eigenvalue weighted by atomic mass is 9.81. The van der Waals surface area contributed by atoms with Gasteiger partial charge in [0, 0.05) is 6.42 Å². The number of hydrogen-bond acceptors (Lipinski definition) is 2. The first-order valence-corrected chi connectivity index (χ1v) is 4.82. The molecule has 80 valence electrons. The number of rotatable bonds is 2. The van der Waals surface area contributed by atoms with Crippen molar-refractivity contribution in [1.82, 2.24) is 5.32 Å². The van der Waals surface area contributed by atoms with Crippen LogP contribution in [0.3, 0.4) is 0 Å². The maximum Gasteiger partial charge on any atom is 0.326 e. The average molecular weight is 199 g/mol. The maximum absolute atomic E-state index is 11.1. The second-order valence-electron chi connectivity index (χ2n) is 5.11. The van der Waals surface area contributed by atoms with E-state index in [4.69, 9.17) is 5.11 Å². The number of carboxylic acid groups (broad SMARTS) is 1. The van der Waals surface area contributed by atoms with Gasteiger partial charge < -0.3 is 10.4 Å². The minimum absolute atomic E-state index is 0.0602. The van der Waals surface area contributed by atoms with E-state index in [1.807, 2.05) is 0 Å². The van der Waals surface area contributed by atoms with Gasteiger partial charge in [-0.05, 0) is 17.8 Å². The molecule has 2 unspecified atom stereocenters. The monoisotopic (exact) mass is 199 g/mol. The van der Waals surface area contributed by atoms with Crippen LogP contribution >= 0.6 is 0 Å². The predicted molar refractivity (Wildman–Crippen MR) is 51.7 cm³/mol. The number of carbonyl (C=O) groups is 2. The van der Waals surface area contributed by atoms with Gasteiger partial charge in [0.15, 0.2) is 0 Å². The van der Waals surface area contributed by atoms with Crippen molar-refractivity contribution in [2.75, 3.05) is 0 Å². The first-order valence-electron chi connectivity index (χ1n) is 4.82. The van der Waals surface area contributed by atoms with Gasteiger partial charge in [-0.1, -0.05) is 20.8 Å². The summed E-state index contributed by atoms with van der Waals surface area (Å²) in [5, 5.41) is 11.4. The summed E-state index contributed by atoms with van der Waals surface area (Å²) >= 11 is 0. The topological polar surface area (TPSA) is 66.4 Å². The fraction of sp³-hybridized carbons (Fsp3) is 0.800. The number of carboxylic acids is 1. The molecular weight excluding hydrogens is 182 g/mol. The molecule has 4 heteroatoms. The van der Waals surface area contributed by atoms with Crippen molar-refractivity contribution < 1.29 is 14.7 Å². The van der Waals surface area contributed by atoms with Crippen LogP contribution in [-0.4, -0.2) is 23.0 Å². The molecule has 1 fully saturated rings. The molecule has 1 aliphatic heterocycles. The molecule has 0 aromatic carbocycles. The molecule has 0 aliphatic carbocycles. The molecule has 1 rings (SSSR count). The Hall–Kier alpha value is -1.06. The van der Waals surface area contributed by atoms with Gasteiger partial charge >= 0.3 is 5.97 Å². The van der Waals surface area contributed by atoms with Crippen molar-refractivity contribution in [3.8, 4) is 0 Å². The third-order valence-corrected chi connectivity index (χ3v) is 2.38. The van der Waals surface area contributed by atoms with E-state index in [0.717, 1.165) is 6.42 Å². The predicted octanol–water partition coefficient (Wildman–Crippen LogP) is 1.01. The normalized spacial score (nSPS) is 27.5. The van der Waals surface area contributed by atoms with E-state index in [-0.39, 0.29) is 17.2 Å². The number of carbonyl (C=O) groups excluding carboxylic acids is 1. The second-order valence-corrected chi connectivity index (χ2v) is 5.11. The van der Waals surface area contributed by atoms with E-state index in [1.54, 1.807) is 0 Å². The molecule has 0 radical (unpaired) electrons. The summed E-state index contributed by atoms with van der Waals surface area (Å²) in [6.07, 6.45) is 1.09. The SMILES string of the molecule is CC(C)(C)CC1CC(=O)NC1C(=O)O. The van der Waals surface area contributed by atoms with Crippen molar-refractivity contribution in [3.63, 3.8) is 0 Å². The third-order valence-electron chi connectivity index (χ3n) is 2.38. The summed E-state index contributed by atoms with van der Waals surface area (Å²) in [6.45, 7) is 6.15. The summed E-state index contributed by atoms with van der Waals surface area (Å²) in [7, 11) is 0. The van der Waals surface area contributed by atoms with Crippen LogP contribution < -0.4 is 5.32 Å². The smallest absolute Gasteiger partial charge is 0.326 e. The van der Waals surface area contributed by atoms with Crippen LogP contribution in [0.1, 0.15) is 33.6 Å². The summed E-state index contributed by atoms with van der Waals surface area (Å²) < 4.78 is 0. The van der Waals surface area contributed by atoms with Crippen LogP contribution in [0, 0.1) is 11.3 Å². The van der Waals surface area contributed by atoms with E-state index in [9.17, 15) is 9.59 Å². The molecule has 1 saturated heterocycles. The van der Waals surface area contributed by atoms with Crippen molar-refractivity contribution in [2.45, 2.75) is 39.7 Å². The van der Waals surface area contributed by atoms with E-state index in [2.05, 4.69) is 26.1 Å². The number of nitrogens with one attached hydrogen (secondary N) is 1. The molecule has 0 spiro atoms. The van der Waals surface area contributed by atoms with Gasteiger partial charge in [-0.15, -0.1) is 0 Å². The highest BCUT2D eigenvalue weighted by atomic mass is 16.4. The summed E-state index contributed by atoms with van der Waals surface area (Å²) in [5.74, 6) is -1.14. The lowest BCUT2D eigenvalue weighted by molar-refractivity contribution is -0.141. The Labute approximate surface area is 83.7 Å². The minimum Gasteiger partial charge on any atom is -0.480 e. The second kappa shape index (κ2) is 3.59. The van der Waals surface area contributed by atoms with Crippen molar-refractivity contribution in [1.29, 1.82) is 0 Å². The van der Waals surface area contributed by atoms with E-state index in [0.29, 0.717) is 6.42 Å². The van der Waals surface area contributed by atoms with Crippen molar-refractivity contribution >= 4 is 11.9 Å². The minimum atomic E-state index is -0.926. The first-order chi connectivity index (χ1) is 6.29. The molecule has 0 bridgehead atoms. The number of hydrogen-bond donors (Lipinski definition) is 2. The highest BCUT2D eigenvalue weighted by Gasteiger charge is 2.39. The van der Waals surface area contributed by atoms with Crippen LogP contribution in [0.15, 0.2) is 0 Å². The molecule has 1 amide bonds. The molecule has 4 nitrogen and oxygen atoms in total. The van der Waals surface area contributed by atoms with Crippen LogP contribution in [0.25, 0.3) is 0 Å². The molecule has 2 atom stereocenters. The summed E-state index contributed by atoms with van der Waals surface area (Å²) in [4.78, 5) is 21.9. The zero-order valence-electron chi connectivity index (χ0n) is 8.83. The largest absolute Gasteiger partial charge is 0.480 e. The zero-order valence-corrected chi connectivity index (χ0v) is 8.83. The molecule has 1 heterocycles. The van der Waals surface area contributed by atoms with E-state index >= 15 is 0 Å². The molecule has 0 aromatic heterocycles. The Bertz CT molecular complexity index is 255. The Balaban J connectivity index is 2.67. The van der Waals surface area contributed by atoms with Gasteiger partial charge in [-0.3, -0.25) is 4.79 Å². The Morgan fingerprint density at radius 3 is 2.57 bits per heavy atom. The van der Waals surface area contributed by atoms with Crippen LogP contribution in [0.2, 0.25) is 0 Å². The Morgan fingerprint density at radius 1 is 1.57 bits per heavy atom. The van der Waals surface area contributed by atoms with Gasteiger partial charge in [-0.25, -0.2) is 4.79 Å². The van der Waals surface area contributed by atoms with Gasteiger partial charge in [0.05, 0.1) is 0 Å². The first kappa shape index (κ1) is 11.0. The quantitative estimate of drug-likeness (QED) is 0.697. The van der Waals surface area contributed by atoms with Crippen LogP contribution in [0.4, 0.5) is 0 Å². The lowest BCUT2D eigenvalue weighted by Crippen LogP contribution is -2.37. The highest BCUT2D eigenvalue weighted by molar-refractivity contribution is 5.87. The highest BCUT2D eigenvalue weighted by Crippen LogP contribution is 2.31. The third kappa shape index (κ3) is 2.72. The Kier molecular flexibility index (Phi) is 2.83. The summed E-state index contributed by atoms with van der Waals surface area (Å²) in [6, 6.07) is -0.693. The van der Waals surface area contributed by atoms with E-state index < -0.39 is 12.0 Å². The molecule has 2 N–H and O–H groups in total. The van der Waals surface area contributed by atoms with Crippen LogP contribution in [0.5, 0.6) is 0 Å². The molecule has 0 aromatic rings. The summed E-state index contributed by atoms with van der Waals surface area (Å²) in [5.41, 5.74) is 0.0602. The van der Waals surface area contributed by atoms with Gasteiger partial charge in [0.1, 0.15) is 6.04 Å². The molecule has 0 saturated carbocycles. The number of aliphatic carboxylic acids is 1. The standard InChI is InChI=1S/C10H17NO3/c1-10(2,3)5-6-4-7(12)11-8(6)9(13)14/h6,8H,4-5H2,1-3H3,(H,11,12)(H,13,14). The zero-order chi connectivity index (χ0) is 10.9. The van der Waals surface area contributed by atoms with E-state index in [1.165, 1.54) is 0 Å². The van der Waals surface area contributed by atoms with Crippen molar-refractivity contribution in [3.05, 3.63) is 0 Å². The fourth-order valence-corrected chi connectivity index (χ4v) is 1.95. The fourth-order valence-electron chi connectivity index (χ4n) is 1.95. The average Bonchev–Trinajstić information content (AvgIpc) is 2.27. The van der Waals surface area contributed by atoms with Gasteiger partial charge in [0.2, 0.25) is 5.91 Å². The van der Waals surface area contributed by atoms with Gasteiger partial charge in [-0.2, -0.15) is 0 Å².